The normalized spacial score (nSPS) is 11.9. The van der Waals surface area contributed by atoms with Crippen molar-refractivity contribution >= 4 is 5.91 Å². The van der Waals surface area contributed by atoms with Crippen LogP contribution in [0.4, 0.5) is 0 Å². The fourth-order valence-electron chi connectivity index (χ4n) is 1.11. The van der Waals surface area contributed by atoms with Crippen molar-refractivity contribution < 1.29 is 14.6 Å². The van der Waals surface area contributed by atoms with Gasteiger partial charge in [0, 0.05) is 13.5 Å². The van der Waals surface area contributed by atoms with Crippen LogP contribution in [-0.2, 0) is 11.3 Å². The van der Waals surface area contributed by atoms with Crippen molar-refractivity contribution in [3.8, 4) is 5.75 Å². The van der Waals surface area contributed by atoms with Crippen molar-refractivity contribution in [2.24, 2.45) is 0 Å². The van der Waals surface area contributed by atoms with E-state index in [4.69, 9.17) is 9.84 Å². The van der Waals surface area contributed by atoms with Crippen molar-refractivity contribution in [1.29, 1.82) is 0 Å². The van der Waals surface area contributed by atoms with E-state index in [-0.39, 0.29) is 5.91 Å². The minimum Gasteiger partial charge on any atom is -0.465 e. The van der Waals surface area contributed by atoms with E-state index in [9.17, 15) is 4.79 Å². The van der Waals surface area contributed by atoms with Crippen LogP contribution in [0.15, 0.2) is 24.3 Å². The predicted octanol–water partition coefficient (Wildman–Crippen LogP) is 1.04. The first-order valence-corrected chi connectivity index (χ1v) is 4.76. The van der Waals surface area contributed by atoms with Gasteiger partial charge in [0.1, 0.15) is 5.75 Å². The van der Waals surface area contributed by atoms with Crippen LogP contribution in [-0.4, -0.2) is 17.3 Å². The number of ether oxygens (including phenoxy) is 1. The summed E-state index contributed by atoms with van der Waals surface area (Å²) in [6.45, 7) is 3.53. The number of nitrogens with one attached hydrogen (secondary N) is 1. The van der Waals surface area contributed by atoms with E-state index in [0.29, 0.717) is 12.3 Å². The highest BCUT2D eigenvalue weighted by atomic mass is 16.6. The van der Waals surface area contributed by atoms with E-state index >= 15 is 0 Å². The first-order valence-electron chi connectivity index (χ1n) is 4.76. The Morgan fingerprint density at radius 1 is 1.47 bits per heavy atom. The zero-order valence-electron chi connectivity index (χ0n) is 8.86. The molecule has 0 aliphatic carbocycles. The van der Waals surface area contributed by atoms with Gasteiger partial charge in [-0.15, -0.1) is 0 Å². The number of carbonyl (C=O) groups is 1. The van der Waals surface area contributed by atoms with Crippen molar-refractivity contribution in [3.05, 3.63) is 29.8 Å². The molecule has 0 aliphatic rings. The van der Waals surface area contributed by atoms with Crippen molar-refractivity contribution in [3.63, 3.8) is 0 Å². The molecular formula is C11H15NO3. The maximum atomic E-state index is 10.7. The molecule has 1 unspecified atom stereocenters. The fourth-order valence-corrected chi connectivity index (χ4v) is 1.11. The summed E-state index contributed by atoms with van der Waals surface area (Å²) in [6.07, 6.45) is -0.814. The highest BCUT2D eigenvalue weighted by Gasteiger charge is 1.99. The van der Waals surface area contributed by atoms with Gasteiger partial charge in [-0.2, -0.15) is 0 Å². The lowest BCUT2D eigenvalue weighted by Crippen LogP contribution is -2.18. The lowest BCUT2D eigenvalue weighted by molar-refractivity contribution is -0.119. The summed E-state index contributed by atoms with van der Waals surface area (Å²) in [5.74, 6) is 0.552. The molecule has 1 amide bonds. The number of aliphatic hydroxyl groups is 1. The van der Waals surface area contributed by atoms with Crippen LogP contribution in [0.25, 0.3) is 0 Å². The summed E-state index contributed by atoms with van der Waals surface area (Å²) in [5.41, 5.74) is 0.989. The summed E-state index contributed by atoms with van der Waals surface area (Å²) >= 11 is 0. The van der Waals surface area contributed by atoms with E-state index in [1.807, 2.05) is 12.1 Å². The third-order valence-corrected chi connectivity index (χ3v) is 1.77. The summed E-state index contributed by atoms with van der Waals surface area (Å²) in [4.78, 5) is 10.7. The maximum Gasteiger partial charge on any atom is 0.217 e. The van der Waals surface area contributed by atoms with E-state index in [1.54, 1.807) is 19.1 Å². The molecule has 0 saturated carbocycles. The SMILES string of the molecule is CC(=O)NCc1ccc(OC(C)O)cc1. The molecule has 0 heterocycles. The standard InChI is InChI=1S/C11H15NO3/c1-8(13)12-7-10-3-5-11(6-4-10)15-9(2)14/h3-6,9,14H,7H2,1-2H3,(H,12,13). The van der Waals surface area contributed by atoms with Gasteiger partial charge >= 0.3 is 0 Å². The Balaban J connectivity index is 2.52. The van der Waals surface area contributed by atoms with Crippen molar-refractivity contribution in [2.45, 2.75) is 26.7 Å². The van der Waals surface area contributed by atoms with Crippen LogP contribution in [0.1, 0.15) is 19.4 Å². The van der Waals surface area contributed by atoms with Crippen molar-refractivity contribution in [1.82, 2.24) is 5.32 Å². The van der Waals surface area contributed by atoms with Crippen LogP contribution in [0.5, 0.6) is 5.75 Å². The third kappa shape index (κ3) is 4.46. The largest absolute Gasteiger partial charge is 0.465 e. The molecule has 1 aromatic carbocycles. The highest BCUT2D eigenvalue weighted by molar-refractivity contribution is 5.72. The van der Waals surface area contributed by atoms with E-state index in [2.05, 4.69) is 5.32 Å². The number of rotatable bonds is 4. The lowest BCUT2D eigenvalue weighted by Gasteiger charge is -2.09. The van der Waals surface area contributed by atoms with E-state index in [1.165, 1.54) is 6.92 Å². The summed E-state index contributed by atoms with van der Waals surface area (Å²) in [7, 11) is 0. The van der Waals surface area contributed by atoms with Gasteiger partial charge in [-0.25, -0.2) is 0 Å². The quantitative estimate of drug-likeness (QED) is 0.728. The molecule has 0 bridgehead atoms. The molecule has 82 valence electrons. The van der Waals surface area contributed by atoms with Gasteiger partial charge in [0.15, 0.2) is 6.29 Å². The van der Waals surface area contributed by atoms with Gasteiger partial charge < -0.3 is 15.2 Å². The van der Waals surface area contributed by atoms with Crippen LogP contribution in [0, 0.1) is 0 Å². The second-order valence-corrected chi connectivity index (χ2v) is 3.27. The van der Waals surface area contributed by atoms with Gasteiger partial charge in [-0.3, -0.25) is 4.79 Å². The number of benzene rings is 1. The van der Waals surface area contributed by atoms with E-state index in [0.717, 1.165) is 5.56 Å². The molecule has 0 aromatic heterocycles. The molecule has 1 rings (SSSR count). The van der Waals surface area contributed by atoms with Crippen LogP contribution in [0.3, 0.4) is 0 Å². The number of hydrogen-bond acceptors (Lipinski definition) is 3. The summed E-state index contributed by atoms with van der Waals surface area (Å²) < 4.78 is 5.06. The van der Waals surface area contributed by atoms with Gasteiger partial charge in [0.05, 0.1) is 0 Å². The molecule has 0 saturated heterocycles. The first-order chi connectivity index (χ1) is 7.08. The Morgan fingerprint density at radius 3 is 2.53 bits per heavy atom. The average molecular weight is 209 g/mol. The first kappa shape index (κ1) is 11.5. The van der Waals surface area contributed by atoms with E-state index < -0.39 is 6.29 Å². The van der Waals surface area contributed by atoms with Gasteiger partial charge in [0.2, 0.25) is 5.91 Å². The smallest absolute Gasteiger partial charge is 0.217 e. The Hall–Kier alpha value is -1.55. The fraction of sp³-hybridized carbons (Fsp3) is 0.364. The average Bonchev–Trinajstić information content (AvgIpc) is 2.16. The maximum absolute atomic E-state index is 10.7. The van der Waals surface area contributed by atoms with Gasteiger partial charge in [-0.1, -0.05) is 12.1 Å². The molecule has 4 heteroatoms. The molecule has 1 atom stereocenters. The molecule has 4 nitrogen and oxygen atoms in total. The van der Waals surface area contributed by atoms with Gasteiger partial charge in [-0.05, 0) is 24.6 Å². The van der Waals surface area contributed by atoms with Crippen LogP contribution < -0.4 is 10.1 Å². The second-order valence-electron chi connectivity index (χ2n) is 3.27. The summed E-state index contributed by atoms with van der Waals surface area (Å²) in [5, 5.41) is 11.7. The lowest BCUT2D eigenvalue weighted by atomic mass is 10.2. The zero-order valence-corrected chi connectivity index (χ0v) is 8.86. The molecule has 0 aliphatic heterocycles. The number of hydrogen-bond donors (Lipinski definition) is 2. The minimum absolute atomic E-state index is 0.0562. The van der Waals surface area contributed by atoms with Crippen LogP contribution in [0.2, 0.25) is 0 Å². The number of aliphatic hydroxyl groups excluding tert-OH is 1. The molecule has 0 radical (unpaired) electrons. The topological polar surface area (TPSA) is 58.6 Å². The molecule has 0 spiro atoms. The Labute approximate surface area is 88.9 Å². The zero-order chi connectivity index (χ0) is 11.3. The minimum atomic E-state index is -0.814. The molecule has 0 fully saturated rings. The number of amides is 1. The summed E-state index contributed by atoms with van der Waals surface area (Å²) in [6, 6.07) is 7.19. The Morgan fingerprint density at radius 2 is 2.07 bits per heavy atom. The third-order valence-electron chi connectivity index (χ3n) is 1.77. The monoisotopic (exact) mass is 209 g/mol. The van der Waals surface area contributed by atoms with Crippen LogP contribution >= 0.6 is 0 Å². The molecule has 15 heavy (non-hydrogen) atoms. The molecule has 2 N–H and O–H groups in total. The highest BCUT2D eigenvalue weighted by Crippen LogP contribution is 2.13. The van der Waals surface area contributed by atoms with Gasteiger partial charge in [0.25, 0.3) is 0 Å². The Bertz CT molecular complexity index is 319. The molecular weight excluding hydrogens is 194 g/mol. The second kappa shape index (κ2) is 5.36. The predicted molar refractivity (Wildman–Crippen MR) is 56.3 cm³/mol. The number of carbonyl (C=O) groups excluding carboxylic acids is 1. The molecule has 1 aromatic rings. The Kier molecular flexibility index (Phi) is 4.12. The van der Waals surface area contributed by atoms with Crippen molar-refractivity contribution in [2.75, 3.05) is 0 Å².